The Bertz CT molecular complexity index is 499. The van der Waals surface area contributed by atoms with Gasteiger partial charge >= 0.3 is 0 Å². The predicted octanol–water partition coefficient (Wildman–Crippen LogP) is 1.30. The maximum atomic E-state index is 12.0. The van der Waals surface area contributed by atoms with Gasteiger partial charge in [0.05, 0.1) is 0 Å². The van der Waals surface area contributed by atoms with E-state index in [-0.39, 0.29) is 11.9 Å². The molecule has 0 bridgehead atoms. The molecule has 0 saturated carbocycles. The van der Waals surface area contributed by atoms with Crippen LogP contribution in [0.25, 0.3) is 4.96 Å². The molecule has 0 radical (unpaired) electrons. The van der Waals surface area contributed by atoms with Crippen LogP contribution in [-0.2, 0) is 4.74 Å². The third-order valence-corrected chi connectivity index (χ3v) is 3.65. The quantitative estimate of drug-likeness (QED) is 0.875. The van der Waals surface area contributed by atoms with E-state index < -0.39 is 0 Å². The van der Waals surface area contributed by atoms with Gasteiger partial charge in [0.1, 0.15) is 5.69 Å². The van der Waals surface area contributed by atoms with Gasteiger partial charge in [-0.25, -0.2) is 4.98 Å². The van der Waals surface area contributed by atoms with Gasteiger partial charge in [0.2, 0.25) is 0 Å². The number of hydrogen-bond acceptors (Lipinski definition) is 4. The number of rotatable bonds is 2. The summed E-state index contributed by atoms with van der Waals surface area (Å²) in [5, 5.41) is 4.94. The molecule has 17 heavy (non-hydrogen) atoms. The Labute approximate surface area is 102 Å². The highest BCUT2D eigenvalue weighted by Crippen LogP contribution is 2.12. The minimum absolute atomic E-state index is 0.0900. The van der Waals surface area contributed by atoms with E-state index in [4.69, 9.17) is 4.74 Å². The summed E-state index contributed by atoms with van der Waals surface area (Å²) in [6.07, 6.45) is 5.43. The molecular weight excluding hydrogens is 238 g/mol. The van der Waals surface area contributed by atoms with Crippen molar-refractivity contribution in [3.05, 3.63) is 23.5 Å². The van der Waals surface area contributed by atoms with E-state index >= 15 is 0 Å². The molecule has 2 aromatic rings. The molecule has 1 aliphatic rings. The van der Waals surface area contributed by atoms with Gasteiger partial charge in [-0.3, -0.25) is 9.20 Å². The predicted molar refractivity (Wildman–Crippen MR) is 64.4 cm³/mol. The first-order chi connectivity index (χ1) is 8.33. The van der Waals surface area contributed by atoms with Crippen molar-refractivity contribution in [2.45, 2.75) is 18.9 Å². The molecular formula is C11H13N3O2S. The number of amides is 1. The van der Waals surface area contributed by atoms with Crippen molar-refractivity contribution in [3.8, 4) is 0 Å². The molecule has 0 spiro atoms. The number of carbonyl (C=O) groups excluding carboxylic acids is 1. The number of nitrogens with zero attached hydrogens (tertiary/aromatic N) is 2. The highest BCUT2D eigenvalue weighted by molar-refractivity contribution is 7.15. The van der Waals surface area contributed by atoms with Gasteiger partial charge in [0, 0.05) is 37.0 Å². The van der Waals surface area contributed by atoms with E-state index in [0.717, 1.165) is 31.0 Å². The molecule has 1 saturated heterocycles. The van der Waals surface area contributed by atoms with E-state index in [1.807, 2.05) is 16.0 Å². The summed E-state index contributed by atoms with van der Waals surface area (Å²) in [5.41, 5.74) is 0.489. The summed E-state index contributed by atoms with van der Waals surface area (Å²) < 4.78 is 7.12. The van der Waals surface area contributed by atoms with E-state index in [1.165, 1.54) is 11.3 Å². The van der Waals surface area contributed by atoms with Crippen molar-refractivity contribution in [2.75, 3.05) is 13.2 Å². The highest BCUT2D eigenvalue weighted by Gasteiger charge is 2.18. The Balaban J connectivity index is 1.71. The Hall–Kier alpha value is -1.40. The molecule has 0 aromatic carbocycles. The minimum atomic E-state index is -0.0900. The minimum Gasteiger partial charge on any atom is -0.381 e. The topological polar surface area (TPSA) is 55.6 Å². The van der Waals surface area contributed by atoms with E-state index in [2.05, 4.69) is 10.3 Å². The Morgan fingerprint density at radius 2 is 2.35 bits per heavy atom. The summed E-state index contributed by atoms with van der Waals surface area (Å²) in [5.74, 6) is -0.0900. The number of nitrogens with one attached hydrogen (secondary N) is 1. The second-order valence-electron chi connectivity index (χ2n) is 4.08. The smallest absolute Gasteiger partial charge is 0.271 e. The first-order valence-corrected chi connectivity index (χ1v) is 6.52. The van der Waals surface area contributed by atoms with Crippen LogP contribution in [0.5, 0.6) is 0 Å². The molecule has 0 unspecified atom stereocenters. The third kappa shape index (κ3) is 2.18. The van der Waals surface area contributed by atoms with Crippen molar-refractivity contribution in [1.29, 1.82) is 0 Å². The first-order valence-electron chi connectivity index (χ1n) is 5.64. The maximum absolute atomic E-state index is 12.0. The molecule has 2 aromatic heterocycles. The second-order valence-corrected chi connectivity index (χ2v) is 4.95. The molecule has 1 N–H and O–H groups in total. The summed E-state index contributed by atoms with van der Waals surface area (Å²) in [6.45, 7) is 1.45. The van der Waals surface area contributed by atoms with E-state index in [9.17, 15) is 4.79 Å². The van der Waals surface area contributed by atoms with Crippen LogP contribution in [0.4, 0.5) is 0 Å². The van der Waals surface area contributed by atoms with Gasteiger partial charge in [0.15, 0.2) is 4.96 Å². The zero-order valence-electron chi connectivity index (χ0n) is 9.26. The Morgan fingerprint density at radius 3 is 3.12 bits per heavy atom. The van der Waals surface area contributed by atoms with Gasteiger partial charge in [-0.2, -0.15) is 0 Å². The van der Waals surface area contributed by atoms with Crippen LogP contribution in [0.15, 0.2) is 17.8 Å². The van der Waals surface area contributed by atoms with Gasteiger partial charge in [-0.05, 0) is 12.8 Å². The van der Waals surface area contributed by atoms with Crippen molar-refractivity contribution >= 4 is 22.2 Å². The number of thiazole rings is 1. The standard InChI is InChI=1S/C11H13N3O2S/c15-10(12-8-1-4-16-5-2-8)9-7-14-3-6-17-11(14)13-9/h3,6-8H,1-2,4-5H2,(H,12,15). The average Bonchev–Trinajstić information content (AvgIpc) is 2.90. The van der Waals surface area contributed by atoms with Crippen LogP contribution in [-0.4, -0.2) is 34.5 Å². The van der Waals surface area contributed by atoms with E-state index in [1.54, 1.807) is 6.20 Å². The van der Waals surface area contributed by atoms with Crippen LogP contribution < -0.4 is 5.32 Å². The van der Waals surface area contributed by atoms with Crippen LogP contribution in [0, 0.1) is 0 Å². The summed E-state index contributed by atoms with van der Waals surface area (Å²) in [6, 6.07) is 0.219. The molecule has 5 nitrogen and oxygen atoms in total. The number of aromatic nitrogens is 2. The first kappa shape index (κ1) is 10.7. The van der Waals surface area contributed by atoms with Crippen molar-refractivity contribution < 1.29 is 9.53 Å². The van der Waals surface area contributed by atoms with Crippen molar-refractivity contribution in [3.63, 3.8) is 0 Å². The SMILES string of the molecule is O=C(NC1CCOCC1)c1cn2ccsc2n1. The zero-order chi connectivity index (χ0) is 11.7. The van der Waals surface area contributed by atoms with Crippen molar-refractivity contribution in [1.82, 2.24) is 14.7 Å². The number of hydrogen-bond donors (Lipinski definition) is 1. The fourth-order valence-electron chi connectivity index (χ4n) is 1.94. The molecule has 6 heteroatoms. The molecule has 0 atom stereocenters. The maximum Gasteiger partial charge on any atom is 0.271 e. The van der Waals surface area contributed by atoms with Gasteiger partial charge in [-0.15, -0.1) is 11.3 Å². The zero-order valence-corrected chi connectivity index (χ0v) is 10.1. The molecule has 1 amide bonds. The second kappa shape index (κ2) is 4.46. The van der Waals surface area contributed by atoms with Gasteiger partial charge in [0.25, 0.3) is 5.91 Å². The fraction of sp³-hybridized carbons (Fsp3) is 0.455. The lowest BCUT2D eigenvalue weighted by Crippen LogP contribution is -2.39. The summed E-state index contributed by atoms with van der Waals surface area (Å²) >= 11 is 1.52. The Morgan fingerprint density at radius 1 is 1.53 bits per heavy atom. The molecule has 0 aliphatic carbocycles. The number of fused-ring (bicyclic) bond motifs is 1. The van der Waals surface area contributed by atoms with E-state index in [0.29, 0.717) is 5.69 Å². The van der Waals surface area contributed by atoms with Crippen LogP contribution in [0.2, 0.25) is 0 Å². The Kier molecular flexibility index (Phi) is 2.82. The molecule has 3 rings (SSSR count). The molecule has 1 fully saturated rings. The number of carbonyl (C=O) groups is 1. The molecule has 3 heterocycles. The van der Waals surface area contributed by atoms with Crippen LogP contribution in [0.3, 0.4) is 0 Å². The lowest BCUT2D eigenvalue weighted by atomic mass is 10.1. The lowest BCUT2D eigenvalue weighted by molar-refractivity contribution is 0.0694. The summed E-state index contributed by atoms with van der Waals surface area (Å²) in [4.78, 5) is 17.1. The van der Waals surface area contributed by atoms with Crippen LogP contribution >= 0.6 is 11.3 Å². The average molecular weight is 251 g/mol. The highest BCUT2D eigenvalue weighted by atomic mass is 32.1. The van der Waals surface area contributed by atoms with Crippen LogP contribution in [0.1, 0.15) is 23.3 Å². The monoisotopic (exact) mass is 251 g/mol. The fourth-order valence-corrected chi connectivity index (χ4v) is 2.64. The number of imidazole rings is 1. The normalized spacial score (nSPS) is 17.4. The summed E-state index contributed by atoms with van der Waals surface area (Å²) in [7, 11) is 0. The van der Waals surface area contributed by atoms with Crippen molar-refractivity contribution in [2.24, 2.45) is 0 Å². The van der Waals surface area contributed by atoms with Gasteiger partial charge < -0.3 is 10.1 Å². The number of ether oxygens (including phenoxy) is 1. The van der Waals surface area contributed by atoms with Gasteiger partial charge in [-0.1, -0.05) is 0 Å². The molecule has 90 valence electrons. The largest absolute Gasteiger partial charge is 0.381 e. The lowest BCUT2D eigenvalue weighted by Gasteiger charge is -2.22. The third-order valence-electron chi connectivity index (χ3n) is 2.88. The molecule has 1 aliphatic heterocycles.